The van der Waals surface area contributed by atoms with Crippen LogP contribution in [0.2, 0.25) is 0 Å². The normalized spacial score (nSPS) is 11.4. The summed E-state index contributed by atoms with van der Waals surface area (Å²) < 4.78 is 0. The van der Waals surface area contributed by atoms with Crippen LogP contribution < -0.4 is 11.1 Å². The monoisotopic (exact) mass is 268 g/mol. The summed E-state index contributed by atoms with van der Waals surface area (Å²) in [4.78, 5) is 8.47. The zero-order valence-corrected chi connectivity index (χ0v) is 12.1. The van der Waals surface area contributed by atoms with Crippen molar-refractivity contribution in [2.45, 2.75) is 27.3 Å². The van der Waals surface area contributed by atoms with Crippen LogP contribution in [0.5, 0.6) is 0 Å². The van der Waals surface area contributed by atoms with Crippen molar-refractivity contribution in [2.75, 3.05) is 5.32 Å². The third-order valence-electron chi connectivity index (χ3n) is 2.86. The standard InChI is InChI=1S/C16H20N4/c1-11-4-12(2)7-15(6-11)20-16(17)19-10-14-5-13(3)8-18-9-14/h4-9H,10H2,1-3H3,(H3,17,19,20). The van der Waals surface area contributed by atoms with Gasteiger partial charge in [-0.05, 0) is 55.2 Å². The van der Waals surface area contributed by atoms with Gasteiger partial charge in [-0.2, -0.15) is 0 Å². The van der Waals surface area contributed by atoms with Gasteiger partial charge in [0.05, 0.1) is 6.54 Å². The first-order valence-electron chi connectivity index (χ1n) is 6.59. The number of aryl methyl sites for hydroxylation is 3. The second-order valence-corrected chi connectivity index (χ2v) is 5.07. The quantitative estimate of drug-likeness (QED) is 0.664. The van der Waals surface area contributed by atoms with Gasteiger partial charge in [0, 0.05) is 18.1 Å². The lowest BCUT2D eigenvalue weighted by atomic mass is 10.1. The van der Waals surface area contributed by atoms with Gasteiger partial charge in [-0.1, -0.05) is 12.1 Å². The Morgan fingerprint density at radius 2 is 1.75 bits per heavy atom. The number of nitrogens with zero attached hydrogens (tertiary/aromatic N) is 2. The molecule has 0 amide bonds. The molecule has 3 N–H and O–H groups in total. The Morgan fingerprint density at radius 1 is 1.05 bits per heavy atom. The Balaban J connectivity index is 2.04. The number of benzene rings is 1. The number of hydrogen-bond acceptors (Lipinski definition) is 2. The lowest BCUT2D eigenvalue weighted by Crippen LogP contribution is -2.22. The predicted octanol–water partition coefficient (Wildman–Crippen LogP) is 2.93. The second kappa shape index (κ2) is 6.19. The molecule has 0 saturated heterocycles. The molecule has 2 aromatic rings. The van der Waals surface area contributed by atoms with E-state index in [1.165, 1.54) is 11.1 Å². The topological polar surface area (TPSA) is 63.3 Å². The number of rotatable bonds is 3. The third-order valence-corrected chi connectivity index (χ3v) is 2.86. The number of nitrogens with two attached hydrogens (primary N) is 1. The van der Waals surface area contributed by atoms with Gasteiger partial charge in [0.1, 0.15) is 0 Å². The molecule has 0 aliphatic carbocycles. The van der Waals surface area contributed by atoms with Crippen LogP contribution in [-0.4, -0.2) is 10.9 Å². The number of guanidine groups is 1. The zero-order valence-electron chi connectivity index (χ0n) is 12.1. The summed E-state index contributed by atoms with van der Waals surface area (Å²) in [7, 11) is 0. The highest BCUT2D eigenvalue weighted by Crippen LogP contribution is 2.13. The molecule has 0 aliphatic heterocycles. The fraction of sp³-hybridized carbons (Fsp3) is 0.250. The summed E-state index contributed by atoms with van der Waals surface area (Å²) >= 11 is 0. The number of hydrogen-bond donors (Lipinski definition) is 2. The van der Waals surface area contributed by atoms with Crippen molar-refractivity contribution in [3.05, 3.63) is 58.9 Å². The molecule has 2 rings (SSSR count). The van der Waals surface area contributed by atoms with E-state index in [1.807, 2.05) is 25.3 Å². The lowest BCUT2D eigenvalue weighted by Gasteiger charge is -2.08. The van der Waals surface area contributed by atoms with Crippen molar-refractivity contribution < 1.29 is 0 Å². The maximum absolute atomic E-state index is 5.91. The van der Waals surface area contributed by atoms with Crippen molar-refractivity contribution in [3.63, 3.8) is 0 Å². The van der Waals surface area contributed by atoms with E-state index in [-0.39, 0.29) is 0 Å². The minimum atomic E-state index is 0.413. The highest BCUT2D eigenvalue weighted by Gasteiger charge is 1.98. The summed E-state index contributed by atoms with van der Waals surface area (Å²) in [6.45, 7) is 6.66. The molecule has 0 bridgehead atoms. The van der Waals surface area contributed by atoms with Gasteiger partial charge < -0.3 is 11.1 Å². The largest absolute Gasteiger partial charge is 0.370 e. The van der Waals surface area contributed by atoms with Gasteiger partial charge in [-0.15, -0.1) is 0 Å². The summed E-state index contributed by atoms with van der Waals surface area (Å²) in [5.74, 6) is 0.413. The fourth-order valence-electron chi connectivity index (χ4n) is 2.11. The first kappa shape index (κ1) is 14.1. The first-order chi connectivity index (χ1) is 9.52. The molecular weight excluding hydrogens is 248 g/mol. The average molecular weight is 268 g/mol. The summed E-state index contributed by atoms with van der Waals surface area (Å²) in [6.07, 6.45) is 3.63. The maximum Gasteiger partial charge on any atom is 0.193 e. The van der Waals surface area contributed by atoms with Crippen molar-refractivity contribution in [2.24, 2.45) is 10.7 Å². The first-order valence-corrected chi connectivity index (χ1v) is 6.59. The van der Waals surface area contributed by atoms with Crippen molar-refractivity contribution in [3.8, 4) is 0 Å². The Hall–Kier alpha value is -2.36. The molecule has 0 atom stereocenters. The molecule has 0 fully saturated rings. The Labute approximate surface area is 119 Å². The van der Waals surface area contributed by atoms with E-state index in [2.05, 4.69) is 41.3 Å². The van der Waals surface area contributed by atoms with Crippen LogP contribution >= 0.6 is 0 Å². The molecule has 0 saturated carbocycles. The number of nitrogens with one attached hydrogen (secondary N) is 1. The van der Waals surface area contributed by atoms with Gasteiger partial charge in [0.2, 0.25) is 0 Å². The van der Waals surface area contributed by atoms with Crippen LogP contribution in [0.3, 0.4) is 0 Å². The highest BCUT2D eigenvalue weighted by molar-refractivity contribution is 5.92. The molecule has 0 unspecified atom stereocenters. The maximum atomic E-state index is 5.91. The van der Waals surface area contributed by atoms with Crippen molar-refractivity contribution in [1.82, 2.24) is 4.98 Å². The minimum Gasteiger partial charge on any atom is -0.370 e. The molecule has 1 aromatic carbocycles. The summed E-state index contributed by atoms with van der Waals surface area (Å²) in [5.41, 5.74) is 11.4. The Bertz CT molecular complexity index is 612. The molecular formula is C16H20N4. The van der Waals surface area contributed by atoms with Crippen LogP contribution in [0.1, 0.15) is 22.3 Å². The zero-order chi connectivity index (χ0) is 14.5. The Morgan fingerprint density at radius 3 is 2.40 bits per heavy atom. The van der Waals surface area contributed by atoms with Gasteiger partial charge in [-0.3, -0.25) is 4.98 Å². The van der Waals surface area contributed by atoms with Gasteiger partial charge in [0.25, 0.3) is 0 Å². The number of aliphatic imine (C=N–C) groups is 1. The smallest absolute Gasteiger partial charge is 0.193 e. The van der Waals surface area contributed by atoms with Crippen molar-refractivity contribution >= 4 is 11.6 Å². The highest BCUT2D eigenvalue weighted by atomic mass is 15.1. The molecule has 1 heterocycles. The van der Waals surface area contributed by atoms with Crippen LogP contribution in [0, 0.1) is 20.8 Å². The summed E-state index contributed by atoms with van der Waals surface area (Å²) in [6, 6.07) is 8.27. The van der Waals surface area contributed by atoms with Gasteiger partial charge in [0.15, 0.2) is 5.96 Å². The molecule has 0 radical (unpaired) electrons. The molecule has 0 aliphatic rings. The van der Waals surface area contributed by atoms with E-state index in [0.29, 0.717) is 12.5 Å². The molecule has 104 valence electrons. The molecule has 4 heteroatoms. The van der Waals surface area contributed by atoms with E-state index in [1.54, 1.807) is 6.20 Å². The molecule has 4 nitrogen and oxygen atoms in total. The minimum absolute atomic E-state index is 0.413. The predicted molar refractivity (Wildman–Crippen MR) is 83.8 cm³/mol. The van der Waals surface area contributed by atoms with E-state index in [0.717, 1.165) is 16.8 Å². The van der Waals surface area contributed by atoms with Crippen LogP contribution in [-0.2, 0) is 6.54 Å². The van der Waals surface area contributed by atoms with Crippen molar-refractivity contribution in [1.29, 1.82) is 0 Å². The fourth-order valence-corrected chi connectivity index (χ4v) is 2.11. The average Bonchev–Trinajstić information content (AvgIpc) is 2.35. The van der Waals surface area contributed by atoms with E-state index < -0.39 is 0 Å². The second-order valence-electron chi connectivity index (χ2n) is 5.07. The van der Waals surface area contributed by atoms with E-state index in [9.17, 15) is 0 Å². The van der Waals surface area contributed by atoms with Gasteiger partial charge >= 0.3 is 0 Å². The van der Waals surface area contributed by atoms with Crippen LogP contribution in [0.15, 0.2) is 41.7 Å². The van der Waals surface area contributed by atoms with Crippen LogP contribution in [0.4, 0.5) is 5.69 Å². The lowest BCUT2D eigenvalue weighted by molar-refractivity contribution is 1.03. The third kappa shape index (κ3) is 4.09. The molecule has 1 aromatic heterocycles. The Kier molecular flexibility index (Phi) is 4.35. The van der Waals surface area contributed by atoms with E-state index >= 15 is 0 Å². The number of pyridine rings is 1. The number of anilines is 1. The molecule has 0 spiro atoms. The van der Waals surface area contributed by atoms with Crippen LogP contribution in [0.25, 0.3) is 0 Å². The van der Waals surface area contributed by atoms with E-state index in [4.69, 9.17) is 5.73 Å². The van der Waals surface area contributed by atoms with Gasteiger partial charge in [-0.25, -0.2) is 4.99 Å². The SMILES string of the molecule is Cc1cncc(CN=C(N)Nc2cc(C)cc(C)c2)c1. The number of aromatic nitrogens is 1. The summed E-state index contributed by atoms with van der Waals surface area (Å²) in [5, 5.41) is 3.12. The molecule has 20 heavy (non-hydrogen) atoms.